The van der Waals surface area contributed by atoms with E-state index in [0.717, 1.165) is 0 Å². The number of aryl methyl sites for hydroxylation is 2. The van der Waals surface area contributed by atoms with E-state index in [1.54, 1.807) is 0 Å². The quantitative estimate of drug-likeness (QED) is 0.855. The number of hydrogen-bond donors (Lipinski definition) is 1. The summed E-state index contributed by atoms with van der Waals surface area (Å²) in [4.78, 5) is 4.28. The van der Waals surface area contributed by atoms with Crippen LogP contribution in [0.4, 0.5) is 0 Å². The van der Waals surface area contributed by atoms with Crippen molar-refractivity contribution >= 4 is 0 Å². The maximum atomic E-state index is 8.71. The standard InChI is InChI=1S/C13H16N2O2/c1-10-4-6-11(7-5-10)9-12-14-13(17-15-12)3-2-8-16/h4-7,16H,2-3,8-9H2,1H3. The molecule has 17 heavy (non-hydrogen) atoms. The molecule has 0 aliphatic rings. The van der Waals surface area contributed by atoms with Crippen LogP contribution >= 0.6 is 0 Å². The van der Waals surface area contributed by atoms with E-state index in [2.05, 4.69) is 41.3 Å². The molecule has 1 N–H and O–H groups in total. The van der Waals surface area contributed by atoms with Crippen molar-refractivity contribution in [2.45, 2.75) is 26.2 Å². The molecular formula is C13H16N2O2. The third-order valence-corrected chi connectivity index (χ3v) is 2.54. The summed E-state index contributed by atoms with van der Waals surface area (Å²) < 4.78 is 5.09. The van der Waals surface area contributed by atoms with Gasteiger partial charge >= 0.3 is 0 Å². The first-order valence-electron chi connectivity index (χ1n) is 5.76. The lowest BCUT2D eigenvalue weighted by Crippen LogP contribution is -1.93. The number of aliphatic hydroxyl groups is 1. The van der Waals surface area contributed by atoms with Gasteiger partial charge in [0.2, 0.25) is 5.89 Å². The van der Waals surface area contributed by atoms with Gasteiger partial charge in [-0.1, -0.05) is 35.0 Å². The highest BCUT2D eigenvalue weighted by Gasteiger charge is 2.06. The molecule has 0 saturated heterocycles. The maximum Gasteiger partial charge on any atom is 0.226 e. The summed E-state index contributed by atoms with van der Waals surface area (Å²) in [6.45, 7) is 2.21. The monoisotopic (exact) mass is 232 g/mol. The Hall–Kier alpha value is -1.68. The first-order valence-corrected chi connectivity index (χ1v) is 5.76. The lowest BCUT2D eigenvalue weighted by Gasteiger charge is -1.97. The van der Waals surface area contributed by atoms with Gasteiger partial charge in [0.1, 0.15) is 0 Å². The molecule has 0 bridgehead atoms. The summed E-state index contributed by atoms with van der Waals surface area (Å²) in [7, 11) is 0. The van der Waals surface area contributed by atoms with Gasteiger partial charge in [0, 0.05) is 19.4 Å². The number of benzene rings is 1. The fraction of sp³-hybridized carbons (Fsp3) is 0.385. The van der Waals surface area contributed by atoms with Gasteiger partial charge in [-0.2, -0.15) is 4.98 Å². The minimum Gasteiger partial charge on any atom is -0.396 e. The average Bonchev–Trinajstić information content (AvgIpc) is 2.77. The molecule has 2 rings (SSSR count). The first-order chi connectivity index (χ1) is 8.28. The second-order valence-corrected chi connectivity index (χ2v) is 4.09. The summed E-state index contributed by atoms with van der Waals surface area (Å²) in [5, 5.41) is 12.6. The zero-order chi connectivity index (χ0) is 12.1. The molecule has 0 spiro atoms. The van der Waals surface area contributed by atoms with Gasteiger partial charge in [0.05, 0.1) is 0 Å². The Morgan fingerprint density at radius 3 is 2.71 bits per heavy atom. The highest BCUT2D eigenvalue weighted by Crippen LogP contribution is 2.09. The number of rotatable bonds is 5. The maximum absolute atomic E-state index is 8.71. The zero-order valence-corrected chi connectivity index (χ0v) is 9.89. The third kappa shape index (κ3) is 3.39. The van der Waals surface area contributed by atoms with Gasteiger partial charge in [-0.25, -0.2) is 0 Å². The fourth-order valence-corrected chi connectivity index (χ4v) is 1.58. The molecule has 1 heterocycles. The van der Waals surface area contributed by atoms with Gasteiger partial charge in [0.15, 0.2) is 5.82 Å². The third-order valence-electron chi connectivity index (χ3n) is 2.54. The average molecular weight is 232 g/mol. The number of aromatic nitrogens is 2. The summed E-state index contributed by atoms with van der Waals surface area (Å²) in [5.74, 6) is 1.29. The van der Waals surface area contributed by atoms with Gasteiger partial charge < -0.3 is 9.63 Å². The summed E-state index contributed by atoms with van der Waals surface area (Å²) >= 11 is 0. The van der Waals surface area contributed by atoms with E-state index in [-0.39, 0.29) is 6.61 Å². The summed E-state index contributed by atoms with van der Waals surface area (Å²) in [6, 6.07) is 8.28. The van der Waals surface area contributed by atoms with Crippen molar-refractivity contribution in [2.75, 3.05) is 6.61 Å². The molecule has 0 aliphatic carbocycles. The molecule has 4 nitrogen and oxygen atoms in total. The lowest BCUT2D eigenvalue weighted by molar-refractivity contribution is 0.278. The fourth-order valence-electron chi connectivity index (χ4n) is 1.58. The van der Waals surface area contributed by atoms with E-state index >= 15 is 0 Å². The van der Waals surface area contributed by atoms with E-state index in [1.807, 2.05) is 0 Å². The summed E-state index contributed by atoms with van der Waals surface area (Å²) in [6.07, 6.45) is 1.98. The van der Waals surface area contributed by atoms with Gasteiger partial charge in [-0.3, -0.25) is 0 Å². The second-order valence-electron chi connectivity index (χ2n) is 4.09. The molecule has 0 unspecified atom stereocenters. The van der Waals surface area contributed by atoms with Crippen molar-refractivity contribution in [3.63, 3.8) is 0 Å². The predicted molar refractivity (Wildman–Crippen MR) is 63.7 cm³/mol. The summed E-state index contributed by atoms with van der Waals surface area (Å²) in [5.41, 5.74) is 2.41. The smallest absolute Gasteiger partial charge is 0.226 e. The molecule has 1 aromatic heterocycles. The van der Waals surface area contributed by atoms with Crippen LogP contribution < -0.4 is 0 Å². The minimum absolute atomic E-state index is 0.148. The van der Waals surface area contributed by atoms with Crippen LogP contribution in [0.1, 0.15) is 29.3 Å². The Bertz CT molecular complexity index is 463. The topological polar surface area (TPSA) is 59.2 Å². The number of hydrogen-bond acceptors (Lipinski definition) is 4. The number of nitrogens with zero attached hydrogens (tertiary/aromatic N) is 2. The van der Waals surface area contributed by atoms with Crippen molar-refractivity contribution in [1.82, 2.24) is 10.1 Å². The van der Waals surface area contributed by atoms with Crippen molar-refractivity contribution < 1.29 is 9.63 Å². The predicted octanol–water partition coefficient (Wildman–Crippen LogP) is 1.89. The molecule has 0 saturated carbocycles. The Balaban J connectivity index is 1.98. The van der Waals surface area contributed by atoms with Crippen LogP contribution in [0.15, 0.2) is 28.8 Å². The van der Waals surface area contributed by atoms with Crippen molar-refractivity contribution in [1.29, 1.82) is 0 Å². The molecule has 0 fully saturated rings. The first kappa shape index (κ1) is 11.8. The Morgan fingerprint density at radius 1 is 1.24 bits per heavy atom. The highest BCUT2D eigenvalue weighted by molar-refractivity contribution is 5.23. The van der Waals surface area contributed by atoms with Crippen molar-refractivity contribution in [2.24, 2.45) is 0 Å². The molecule has 0 aliphatic heterocycles. The zero-order valence-electron chi connectivity index (χ0n) is 9.89. The highest BCUT2D eigenvalue weighted by atomic mass is 16.5. The van der Waals surface area contributed by atoms with Crippen LogP contribution in [0, 0.1) is 6.92 Å². The van der Waals surface area contributed by atoms with Crippen LogP contribution in [0.2, 0.25) is 0 Å². The Morgan fingerprint density at radius 2 is 2.00 bits per heavy atom. The van der Waals surface area contributed by atoms with Crippen molar-refractivity contribution in [3.05, 3.63) is 47.1 Å². The largest absolute Gasteiger partial charge is 0.396 e. The van der Waals surface area contributed by atoms with E-state index in [9.17, 15) is 0 Å². The molecule has 1 aromatic carbocycles. The van der Waals surface area contributed by atoms with Crippen LogP contribution in [-0.4, -0.2) is 21.9 Å². The van der Waals surface area contributed by atoms with E-state index < -0.39 is 0 Å². The lowest BCUT2D eigenvalue weighted by atomic mass is 10.1. The SMILES string of the molecule is Cc1ccc(Cc2noc(CCCO)n2)cc1. The van der Waals surface area contributed by atoms with Crippen LogP contribution in [-0.2, 0) is 12.8 Å². The molecule has 4 heteroatoms. The Kier molecular flexibility index (Phi) is 3.88. The van der Waals surface area contributed by atoms with E-state index in [4.69, 9.17) is 9.63 Å². The van der Waals surface area contributed by atoms with E-state index in [1.165, 1.54) is 11.1 Å². The van der Waals surface area contributed by atoms with E-state index in [0.29, 0.717) is 31.0 Å². The van der Waals surface area contributed by atoms with Crippen molar-refractivity contribution in [3.8, 4) is 0 Å². The molecule has 2 aromatic rings. The van der Waals surface area contributed by atoms with Gasteiger partial charge in [0.25, 0.3) is 0 Å². The molecule has 90 valence electrons. The second kappa shape index (κ2) is 5.59. The normalized spacial score (nSPS) is 10.7. The van der Waals surface area contributed by atoms with Crippen LogP contribution in [0.3, 0.4) is 0 Å². The minimum atomic E-state index is 0.148. The van der Waals surface area contributed by atoms with Crippen LogP contribution in [0.25, 0.3) is 0 Å². The number of aliphatic hydroxyl groups excluding tert-OH is 1. The molecule has 0 amide bonds. The molecule has 0 radical (unpaired) electrons. The molecule has 0 atom stereocenters. The van der Waals surface area contributed by atoms with Gasteiger partial charge in [-0.15, -0.1) is 0 Å². The van der Waals surface area contributed by atoms with Crippen LogP contribution in [0.5, 0.6) is 0 Å². The van der Waals surface area contributed by atoms with Gasteiger partial charge in [-0.05, 0) is 18.9 Å². The molecular weight excluding hydrogens is 216 g/mol. The Labute approximate surface area is 100 Å².